The van der Waals surface area contributed by atoms with Crippen molar-refractivity contribution in [2.24, 2.45) is 0 Å². The topological polar surface area (TPSA) is 0 Å². The summed E-state index contributed by atoms with van der Waals surface area (Å²) in [6.45, 7) is 0. The first-order valence-corrected chi connectivity index (χ1v) is 0. The molecule has 6 heteroatoms. The molecule has 0 unspecified atom stereocenters. The summed E-state index contributed by atoms with van der Waals surface area (Å²) in [6, 6.07) is 0. The Balaban J connectivity index is 0. The van der Waals surface area contributed by atoms with Crippen LogP contribution in [0.5, 0.6) is 0 Å². The van der Waals surface area contributed by atoms with Crippen molar-refractivity contribution in [2.75, 3.05) is 0 Å². The maximum absolute atomic E-state index is 0. The Kier molecular flexibility index (Phi) is 322. The minimum Gasteiger partial charge on any atom is -0.358 e. The summed E-state index contributed by atoms with van der Waals surface area (Å²) in [7, 11) is 0. The van der Waals surface area contributed by atoms with Crippen LogP contribution in [0.1, 0.15) is 0 Å². The van der Waals surface area contributed by atoms with Gasteiger partial charge in [-0.15, -0.1) is 0 Å². The van der Waals surface area contributed by atoms with E-state index in [0.29, 0.717) is 0 Å². The SMILES string of the molecule is [B].[CH3-].[Y].[Y].[Y].[Y].[Y]. The monoisotopic (exact) mass is 471 g/mol. The Morgan fingerprint density at radius 2 is 0.429 bits per heavy atom. The molecule has 0 aliphatic heterocycles. The van der Waals surface area contributed by atoms with Crippen LogP contribution in [0.2, 0.25) is 0 Å². The van der Waals surface area contributed by atoms with Crippen LogP contribution in [-0.4, -0.2) is 8.41 Å². The molecule has 0 aromatic rings. The van der Waals surface area contributed by atoms with Gasteiger partial charge in [-0.05, 0) is 0 Å². The molecular formula is CH3BY5-. The Labute approximate surface area is 174 Å². The molecule has 0 rings (SSSR count). The third kappa shape index (κ3) is 34.1. The largest absolute Gasteiger partial charge is 0.358 e. The Morgan fingerprint density at radius 3 is 0.429 bits per heavy atom. The third-order valence-electron chi connectivity index (χ3n) is 0. The molecule has 0 nitrogen and oxygen atoms in total. The van der Waals surface area contributed by atoms with Crippen molar-refractivity contribution < 1.29 is 164 Å². The molecule has 0 aliphatic carbocycles. The van der Waals surface area contributed by atoms with Crippen molar-refractivity contribution in [3.05, 3.63) is 7.43 Å². The molecule has 0 spiro atoms. The van der Waals surface area contributed by atoms with E-state index in [1.54, 1.807) is 0 Å². The summed E-state index contributed by atoms with van der Waals surface area (Å²) in [5, 5.41) is 0. The summed E-state index contributed by atoms with van der Waals surface area (Å²) < 4.78 is 0. The molecule has 0 fully saturated rings. The first-order chi connectivity index (χ1) is 0. The molecule has 0 N–H and O–H groups in total. The fourth-order valence-corrected chi connectivity index (χ4v) is 0. The Bertz CT molecular complexity index is 8.04. The zero-order valence-electron chi connectivity index (χ0n) is 4.46. The predicted octanol–water partition coefficient (Wildman–Crippen LogP) is 0.0570. The van der Waals surface area contributed by atoms with Crippen molar-refractivity contribution >= 4 is 8.41 Å². The maximum atomic E-state index is 0. The average molecular weight is 470 g/mol. The quantitative estimate of drug-likeness (QED) is 0.347. The van der Waals surface area contributed by atoms with E-state index >= 15 is 0 Å². The minimum absolute atomic E-state index is 0. The minimum atomic E-state index is 0. The molecular weight excluding hydrogens is 467 g/mol. The summed E-state index contributed by atoms with van der Waals surface area (Å²) in [5.74, 6) is 0. The van der Waals surface area contributed by atoms with Gasteiger partial charge >= 0.3 is 0 Å². The number of hydrogen-bond donors (Lipinski definition) is 0. The molecule has 0 aromatic carbocycles. The number of rotatable bonds is 0. The van der Waals surface area contributed by atoms with Gasteiger partial charge < -0.3 is 7.43 Å². The van der Waals surface area contributed by atoms with Crippen LogP contribution in [0.25, 0.3) is 0 Å². The van der Waals surface area contributed by atoms with Crippen LogP contribution in [0, 0.1) is 7.43 Å². The van der Waals surface area contributed by atoms with Gasteiger partial charge in [-0.2, -0.15) is 0 Å². The number of hydrogen-bond acceptors (Lipinski definition) is 0. The molecule has 0 aliphatic rings. The van der Waals surface area contributed by atoms with Gasteiger partial charge in [0.15, 0.2) is 0 Å². The van der Waals surface area contributed by atoms with Crippen LogP contribution in [0.3, 0.4) is 0 Å². The van der Waals surface area contributed by atoms with Gasteiger partial charge in [0.1, 0.15) is 0 Å². The van der Waals surface area contributed by atoms with Crippen molar-refractivity contribution in [3.63, 3.8) is 0 Å². The smallest absolute Gasteiger partial charge is 0 e. The van der Waals surface area contributed by atoms with E-state index in [2.05, 4.69) is 0 Å². The molecule has 26 valence electrons. The molecule has 8 radical (unpaired) electrons. The van der Waals surface area contributed by atoms with Crippen molar-refractivity contribution in [1.29, 1.82) is 0 Å². The standard InChI is InChI=1S/CH3.B.5Y/h1H3;;;;;;/q-1;;;;;;. The van der Waals surface area contributed by atoms with Crippen LogP contribution >= 0.6 is 0 Å². The molecule has 0 heterocycles. The molecule has 0 amide bonds. The fourth-order valence-electron chi connectivity index (χ4n) is 0. The second-order valence-corrected chi connectivity index (χ2v) is 0. The Morgan fingerprint density at radius 1 is 0.429 bits per heavy atom. The second-order valence-electron chi connectivity index (χ2n) is 0. The van der Waals surface area contributed by atoms with Crippen molar-refractivity contribution in [2.45, 2.75) is 0 Å². The zero-order valence-corrected chi connectivity index (χ0v) is 18.7. The van der Waals surface area contributed by atoms with E-state index in [4.69, 9.17) is 0 Å². The van der Waals surface area contributed by atoms with Gasteiger partial charge in [-0.3, -0.25) is 0 Å². The molecule has 0 bridgehead atoms. The average Bonchev–Trinajstić information content (AvgIpc) is 0. The Hall–Kier alpha value is 5.58. The van der Waals surface area contributed by atoms with Crippen LogP contribution in [-0.2, 0) is 164 Å². The molecule has 7 heavy (non-hydrogen) atoms. The normalized spacial score (nSPS) is 0. The van der Waals surface area contributed by atoms with Crippen LogP contribution in [0.4, 0.5) is 0 Å². The van der Waals surface area contributed by atoms with E-state index in [9.17, 15) is 0 Å². The van der Waals surface area contributed by atoms with E-state index in [0.717, 1.165) is 0 Å². The van der Waals surface area contributed by atoms with Gasteiger partial charge in [0.2, 0.25) is 0 Å². The van der Waals surface area contributed by atoms with Gasteiger partial charge in [0.25, 0.3) is 0 Å². The molecule has 0 saturated carbocycles. The van der Waals surface area contributed by atoms with Crippen LogP contribution < -0.4 is 0 Å². The molecule has 0 atom stereocenters. The van der Waals surface area contributed by atoms with E-state index < -0.39 is 0 Å². The first-order valence-electron chi connectivity index (χ1n) is 0. The fraction of sp³-hybridized carbons (Fsp3) is 0. The molecule has 0 aromatic heterocycles. The molecule has 0 saturated heterocycles. The predicted molar refractivity (Wildman–Crippen MR) is 12.2 cm³/mol. The maximum Gasteiger partial charge on any atom is 0 e. The van der Waals surface area contributed by atoms with Gasteiger partial charge in [0, 0.05) is 172 Å². The first kappa shape index (κ1) is 54.2. The van der Waals surface area contributed by atoms with Gasteiger partial charge in [0.05, 0.1) is 0 Å². The summed E-state index contributed by atoms with van der Waals surface area (Å²) in [5.41, 5.74) is 0. The summed E-state index contributed by atoms with van der Waals surface area (Å²) in [6.07, 6.45) is 0. The van der Waals surface area contributed by atoms with Crippen LogP contribution in [0.15, 0.2) is 0 Å². The summed E-state index contributed by atoms with van der Waals surface area (Å²) in [4.78, 5) is 0. The summed E-state index contributed by atoms with van der Waals surface area (Å²) >= 11 is 0. The van der Waals surface area contributed by atoms with E-state index in [-0.39, 0.29) is 179 Å². The van der Waals surface area contributed by atoms with Gasteiger partial charge in [-0.25, -0.2) is 0 Å². The second kappa shape index (κ2) is 41.6. The van der Waals surface area contributed by atoms with Gasteiger partial charge in [-0.1, -0.05) is 0 Å². The van der Waals surface area contributed by atoms with Crippen molar-refractivity contribution in [3.8, 4) is 0 Å². The van der Waals surface area contributed by atoms with E-state index in [1.807, 2.05) is 0 Å². The van der Waals surface area contributed by atoms with E-state index in [1.165, 1.54) is 0 Å². The third-order valence-corrected chi connectivity index (χ3v) is 0. The van der Waals surface area contributed by atoms with Crippen molar-refractivity contribution in [1.82, 2.24) is 0 Å². The zero-order chi connectivity index (χ0) is 0.